The molecular formula is C20H23BN2NaO11. The number of carbonyl (C=O) groups is 1. The number of aliphatic hydroxyl groups is 2. The van der Waals surface area contributed by atoms with Crippen molar-refractivity contribution in [1.29, 1.82) is 0 Å². The Balaban J connectivity index is 0. The molecule has 2 heterocycles. The summed E-state index contributed by atoms with van der Waals surface area (Å²) in [5.74, 6) is 1.06. The first kappa shape index (κ1) is 32.1. The minimum Gasteiger partial charge on any atom is -1.00 e. The molecule has 0 saturated heterocycles. The molecule has 0 saturated carbocycles. The molecule has 0 fully saturated rings. The van der Waals surface area contributed by atoms with Crippen LogP contribution in [0.2, 0.25) is 0 Å². The zero-order valence-electron chi connectivity index (χ0n) is 20.5. The Bertz CT molecular complexity index is 1030. The van der Waals surface area contributed by atoms with E-state index in [9.17, 15) is 30.1 Å². The Morgan fingerprint density at radius 3 is 1.71 bits per heavy atom. The third kappa shape index (κ3) is 8.07. The second-order valence-electron chi connectivity index (χ2n) is 6.55. The molecule has 0 spiro atoms. The Morgan fingerprint density at radius 1 is 0.971 bits per heavy atom. The predicted octanol–water partition coefficient (Wildman–Crippen LogP) is -0.363. The molecule has 2 aliphatic rings. The maximum atomic E-state index is 11.2. The van der Waals surface area contributed by atoms with E-state index in [-0.39, 0.29) is 87.9 Å². The summed E-state index contributed by atoms with van der Waals surface area (Å²) in [6.07, 6.45) is -0.917. The molecule has 2 aromatic carbocycles. The second kappa shape index (κ2) is 14.5. The first-order valence-corrected chi connectivity index (χ1v) is 9.56. The maximum absolute atomic E-state index is 11.2. The van der Waals surface area contributed by atoms with Gasteiger partial charge in [-0.1, -0.05) is 0 Å². The van der Waals surface area contributed by atoms with Crippen LogP contribution in [0.15, 0.2) is 24.3 Å². The summed E-state index contributed by atoms with van der Waals surface area (Å²) in [5, 5.41) is 38.4. The standard InChI is InChI=1S/C9H9NO5.C9H7NO5.C2H6O.B.Na.H/c2*1-5(11)6-2-8-9(15-4-14-8)3-7(6)10(12)13;1-2-3;;;/h2-3,5,11H,4H2,1H3;2-3H,4H2,1H3;3H,2H2,1H3;;;/q;;;;+1;-1. The quantitative estimate of drug-likeness (QED) is 0.242. The van der Waals surface area contributed by atoms with E-state index < -0.39 is 16.0 Å². The third-order valence-corrected chi connectivity index (χ3v) is 4.24. The molecule has 0 aromatic heterocycles. The summed E-state index contributed by atoms with van der Waals surface area (Å²) < 4.78 is 20.1. The molecule has 2 N–H and O–H groups in total. The van der Waals surface area contributed by atoms with Crippen molar-refractivity contribution >= 4 is 25.6 Å². The van der Waals surface area contributed by atoms with Crippen molar-refractivity contribution in [3.63, 3.8) is 0 Å². The van der Waals surface area contributed by atoms with Gasteiger partial charge in [-0.05, 0) is 26.8 Å². The number of fused-ring (bicyclic) bond motifs is 2. The van der Waals surface area contributed by atoms with E-state index in [0.717, 1.165) is 0 Å². The Labute approximate surface area is 225 Å². The van der Waals surface area contributed by atoms with Crippen LogP contribution in [0.3, 0.4) is 0 Å². The van der Waals surface area contributed by atoms with Gasteiger partial charge in [0.25, 0.3) is 11.4 Å². The van der Waals surface area contributed by atoms with Crippen molar-refractivity contribution in [1.82, 2.24) is 0 Å². The third-order valence-electron chi connectivity index (χ3n) is 4.24. The molecule has 1 atom stereocenters. The Hall–Kier alpha value is -2.91. The average Bonchev–Trinajstić information content (AvgIpc) is 3.40. The van der Waals surface area contributed by atoms with Gasteiger partial charge in [0.2, 0.25) is 13.6 Å². The molecular weight excluding hydrogens is 478 g/mol. The van der Waals surface area contributed by atoms with Gasteiger partial charge >= 0.3 is 29.6 Å². The van der Waals surface area contributed by atoms with Crippen molar-refractivity contribution in [3.05, 3.63) is 55.6 Å². The summed E-state index contributed by atoms with van der Waals surface area (Å²) in [7, 11) is 0. The molecule has 2 aromatic rings. The monoisotopic (exact) mass is 501 g/mol. The van der Waals surface area contributed by atoms with E-state index >= 15 is 0 Å². The van der Waals surface area contributed by atoms with Crippen molar-refractivity contribution in [2.24, 2.45) is 0 Å². The topological polar surface area (TPSA) is 181 Å². The summed E-state index contributed by atoms with van der Waals surface area (Å²) in [5.41, 5.74) is -0.158. The number of carbonyl (C=O) groups excluding carboxylic acids is 1. The molecule has 13 nitrogen and oxygen atoms in total. The van der Waals surface area contributed by atoms with Gasteiger partial charge < -0.3 is 30.6 Å². The first-order chi connectivity index (χ1) is 15.6. The molecule has 15 heteroatoms. The number of benzene rings is 2. The fraction of sp³-hybridized carbons (Fsp3) is 0.350. The molecule has 1 unspecified atom stereocenters. The van der Waals surface area contributed by atoms with Gasteiger partial charge in [0, 0.05) is 21.1 Å². The van der Waals surface area contributed by atoms with Crippen LogP contribution >= 0.6 is 0 Å². The average molecular weight is 501 g/mol. The number of nitro groups is 2. The van der Waals surface area contributed by atoms with E-state index in [1.165, 1.54) is 38.1 Å². The number of Topliss-reactive ketones (excluding diaryl/α,β-unsaturated/α-hetero) is 1. The van der Waals surface area contributed by atoms with Crippen molar-refractivity contribution in [2.75, 3.05) is 20.2 Å². The van der Waals surface area contributed by atoms with Gasteiger partial charge in [0.05, 0.1) is 39.2 Å². The van der Waals surface area contributed by atoms with Crippen LogP contribution in [0.1, 0.15) is 44.2 Å². The molecule has 183 valence electrons. The number of ketones is 1. The van der Waals surface area contributed by atoms with Crippen LogP contribution in [0.25, 0.3) is 0 Å². The largest absolute Gasteiger partial charge is 1.00 e. The number of rotatable bonds is 4. The van der Waals surface area contributed by atoms with Crippen molar-refractivity contribution < 1.29 is 74.8 Å². The maximum Gasteiger partial charge on any atom is 1.00 e. The van der Waals surface area contributed by atoms with Crippen molar-refractivity contribution in [2.45, 2.75) is 26.9 Å². The zero-order valence-corrected chi connectivity index (χ0v) is 21.5. The number of ether oxygens (including phenoxy) is 4. The normalized spacial score (nSPS) is 12.4. The summed E-state index contributed by atoms with van der Waals surface area (Å²) in [6, 6.07) is 5.25. The molecule has 0 amide bonds. The summed E-state index contributed by atoms with van der Waals surface area (Å²) in [6.45, 7) is 4.73. The van der Waals surface area contributed by atoms with E-state index in [1.54, 1.807) is 6.92 Å². The molecule has 35 heavy (non-hydrogen) atoms. The van der Waals surface area contributed by atoms with Gasteiger partial charge in [-0.2, -0.15) is 0 Å². The number of hydrogen-bond donors (Lipinski definition) is 2. The van der Waals surface area contributed by atoms with Crippen LogP contribution in [-0.2, 0) is 0 Å². The summed E-state index contributed by atoms with van der Waals surface area (Å²) >= 11 is 0. The van der Waals surface area contributed by atoms with Crippen molar-refractivity contribution in [3.8, 4) is 23.0 Å². The van der Waals surface area contributed by atoms with E-state index in [0.29, 0.717) is 23.0 Å². The minimum atomic E-state index is -0.917. The molecule has 0 bridgehead atoms. The molecule has 4 rings (SSSR count). The van der Waals surface area contributed by atoms with Gasteiger partial charge in [0.15, 0.2) is 28.8 Å². The number of nitro benzene ring substituents is 2. The number of nitrogens with zero attached hydrogens (tertiary/aromatic N) is 2. The van der Waals surface area contributed by atoms with Crippen LogP contribution < -0.4 is 48.5 Å². The second-order valence-corrected chi connectivity index (χ2v) is 6.55. The fourth-order valence-corrected chi connectivity index (χ4v) is 2.80. The zero-order chi connectivity index (χ0) is 24.7. The Morgan fingerprint density at radius 2 is 1.34 bits per heavy atom. The molecule has 0 aliphatic carbocycles. The van der Waals surface area contributed by atoms with E-state index in [1.807, 2.05) is 0 Å². The minimum absolute atomic E-state index is 0. The Kier molecular flexibility index (Phi) is 13.3. The number of hydrogen-bond acceptors (Lipinski definition) is 11. The number of aliphatic hydroxyl groups excluding tert-OH is 2. The SMILES string of the molecule is CC(=O)c1cc2c(cc1[N+](=O)[O-])OCO2.CC(O)c1cc2c(cc1[N+](=O)[O-])OCO2.CCO.[B].[H-].[Na+]. The predicted molar refractivity (Wildman–Crippen MR) is 119 cm³/mol. The molecule has 3 radical (unpaired) electrons. The fourth-order valence-electron chi connectivity index (χ4n) is 2.80. The van der Waals surface area contributed by atoms with E-state index in [2.05, 4.69) is 0 Å². The van der Waals surface area contributed by atoms with Crippen LogP contribution in [0, 0.1) is 20.2 Å². The van der Waals surface area contributed by atoms with E-state index in [4.69, 9.17) is 24.1 Å². The van der Waals surface area contributed by atoms with Crippen LogP contribution in [-0.4, -0.2) is 54.4 Å². The van der Waals surface area contributed by atoms with Gasteiger partial charge in [-0.15, -0.1) is 0 Å². The smallest absolute Gasteiger partial charge is 1.00 e. The van der Waals surface area contributed by atoms with Gasteiger partial charge in [-0.3, -0.25) is 25.0 Å². The first-order valence-electron chi connectivity index (χ1n) is 9.56. The molecule has 2 aliphatic heterocycles. The van der Waals surface area contributed by atoms with Gasteiger partial charge in [0.1, 0.15) is 0 Å². The summed E-state index contributed by atoms with van der Waals surface area (Å²) in [4.78, 5) is 31.4. The van der Waals surface area contributed by atoms with Gasteiger partial charge in [-0.25, -0.2) is 0 Å². The van der Waals surface area contributed by atoms with Crippen LogP contribution in [0.4, 0.5) is 11.4 Å². The van der Waals surface area contributed by atoms with Crippen LogP contribution in [0.5, 0.6) is 23.0 Å².